The third kappa shape index (κ3) is 5.21. The largest absolute Gasteiger partial charge is 0.497 e. The Balaban J connectivity index is 0.000000184. The molecule has 2 rings (SSSR count). The van der Waals surface area contributed by atoms with Crippen molar-refractivity contribution in [3.63, 3.8) is 0 Å². The minimum atomic E-state index is 0.0998. The third-order valence-electron chi connectivity index (χ3n) is 2.34. The first-order valence-electron chi connectivity index (χ1n) is 5.64. The van der Waals surface area contributed by atoms with Crippen LogP contribution in [0.3, 0.4) is 0 Å². The Morgan fingerprint density at radius 3 is 1.89 bits per heavy atom. The molecule has 0 saturated carbocycles. The summed E-state index contributed by atoms with van der Waals surface area (Å²) >= 11 is 5.56. The number of alkyl halides is 1. The van der Waals surface area contributed by atoms with Crippen molar-refractivity contribution in [2.24, 2.45) is 0 Å². The summed E-state index contributed by atoms with van der Waals surface area (Å²) in [5, 5.41) is 8.67. The Morgan fingerprint density at radius 1 is 0.944 bits per heavy atom. The molecule has 0 aliphatic carbocycles. The van der Waals surface area contributed by atoms with Crippen LogP contribution >= 0.6 is 11.6 Å². The number of halogens is 1. The molecule has 0 atom stereocenters. The molecule has 2 aromatic rings. The molecule has 2 aromatic carbocycles. The van der Waals surface area contributed by atoms with Crippen LogP contribution in [-0.2, 0) is 12.5 Å². The minimum absolute atomic E-state index is 0.0998. The second kappa shape index (κ2) is 8.56. The Bertz CT molecular complexity index is 403. The van der Waals surface area contributed by atoms with Gasteiger partial charge in [-0.2, -0.15) is 0 Å². The van der Waals surface area contributed by atoms with Crippen LogP contribution in [-0.4, -0.2) is 12.2 Å². The van der Waals surface area contributed by atoms with E-state index < -0.39 is 0 Å². The number of aliphatic hydroxyl groups excluding tert-OH is 1. The Morgan fingerprint density at radius 2 is 1.50 bits per heavy atom. The quantitative estimate of drug-likeness (QED) is 0.858. The van der Waals surface area contributed by atoms with Crippen LogP contribution in [0.15, 0.2) is 54.6 Å². The van der Waals surface area contributed by atoms with E-state index in [2.05, 4.69) is 0 Å². The fraction of sp³-hybridized carbons (Fsp3) is 0.200. The molecule has 0 spiro atoms. The van der Waals surface area contributed by atoms with Gasteiger partial charge in [0.2, 0.25) is 0 Å². The number of hydrogen-bond acceptors (Lipinski definition) is 2. The highest BCUT2D eigenvalue weighted by molar-refractivity contribution is 6.17. The number of hydrogen-bond donors (Lipinski definition) is 1. The van der Waals surface area contributed by atoms with Gasteiger partial charge < -0.3 is 9.84 Å². The molecule has 0 aromatic heterocycles. The lowest BCUT2D eigenvalue weighted by molar-refractivity contribution is 0.282. The van der Waals surface area contributed by atoms with Gasteiger partial charge in [-0.25, -0.2) is 0 Å². The van der Waals surface area contributed by atoms with E-state index in [9.17, 15) is 0 Å². The fourth-order valence-electron chi connectivity index (χ4n) is 1.29. The van der Waals surface area contributed by atoms with E-state index in [0.29, 0.717) is 5.88 Å². The zero-order valence-electron chi connectivity index (χ0n) is 10.3. The van der Waals surface area contributed by atoms with Gasteiger partial charge in [-0.1, -0.05) is 42.5 Å². The van der Waals surface area contributed by atoms with Gasteiger partial charge in [-0.05, 0) is 23.3 Å². The van der Waals surface area contributed by atoms with Gasteiger partial charge in [0.05, 0.1) is 13.7 Å². The average Bonchev–Trinajstić information content (AvgIpc) is 2.49. The van der Waals surface area contributed by atoms with Gasteiger partial charge in [-0.15, -0.1) is 11.6 Å². The molecule has 0 bridgehead atoms. The van der Waals surface area contributed by atoms with Crippen LogP contribution in [0.25, 0.3) is 0 Å². The van der Waals surface area contributed by atoms with E-state index in [1.807, 2.05) is 54.6 Å². The minimum Gasteiger partial charge on any atom is -0.497 e. The smallest absolute Gasteiger partial charge is 0.118 e. The Kier molecular flexibility index (Phi) is 6.92. The van der Waals surface area contributed by atoms with Gasteiger partial charge in [-0.3, -0.25) is 0 Å². The second-order valence-corrected chi connectivity index (χ2v) is 3.89. The molecule has 0 unspecified atom stereocenters. The summed E-state index contributed by atoms with van der Waals surface area (Å²) in [5.41, 5.74) is 2.01. The van der Waals surface area contributed by atoms with Crippen molar-refractivity contribution in [1.29, 1.82) is 0 Å². The highest BCUT2D eigenvalue weighted by Gasteiger charge is 1.89. The predicted molar refractivity (Wildman–Crippen MR) is 74.9 cm³/mol. The first-order chi connectivity index (χ1) is 8.80. The van der Waals surface area contributed by atoms with Crippen LogP contribution in [0.4, 0.5) is 0 Å². The van der Waals surface area contributed by atoms with Crippen LogP contribution < -0.4 is 4.74 Å². The molecule has 0 fully saturated rings. The summed E-state index contributed by atoms with van der Waals surface area (Å²) in [5.74, 6) is 1.44. The number of aliphatic hydroxyl groups is 1. The van der Waals surface area contributed by atoms with E-state index in [1.165, 1.54) is 0 Å². The molecule has 18 heavy (non-hydrogen) atoms. The standard InChI is InChI=1S/C8H9ClO.C7H8O/c9-5-7-1-3-8(6-10)4-2-7;1-8-7-5-3-2-4-6-7/h1-4,10H,5-6H2;2-6H,1H3. The third-order valence-corrected chi connectivity index (χ3v) is 2.65. The molecule has 2 nitrogen and oxygen atoms in total. The van der Waals surface area contributed by atoms with Gasteiger partial charge in [0.25, 0.3) is 0 Å². The topological polar surface area (TPSA) is 29.5 Å². The molecular formula is C15H17ClO2. The molecule has 0 aliphatic heterocycles. The fourth-order valence-corrected chi connectivity index (χ4v) is 1.47. The summed E-state index contributed by atoms with van der Waals surface area (Å²) in [6.07, 6.45) is 0. The molecule has 0 amide bonds. The summed E-state index contributed by atoms with van der Waals surface area (Å²) in [6.45, 7) is 0.0998. The summed E-state index contributed by atoms with van der Waals surface area (Å²) in [6, 6.07) is 17.3. The van der Waals surface area contributed by atoms with Crippen molar-refractivity contribution in [3.8, 4) is 5.75 Å². The van der Waals surface area contributed by atoms with Crippen molar-refractivity contribution >= 4 is 11.6 Å². The number of rotatable bonds is 3. The van der Waals surface area contributed by atoms with Gasteiger partial charge >= 0.3 is 0 Å². The predicted octanol–water partition coefficient (Wildman–Crippen LogP) is 3.61. The van der Waals surface area contributed by atoms with E-state index in [-0.39, 0.29) is 6.61 Å². The van der Waals surface area contributed by atoms with Crippen LogP contribution in [0, 0.1) is 0 Å². The maximum Gasteiger partial charge on any atom is 0.118 e. The van der Waals surface area contributed by atoms with E-state index in [4.69, 9.17) is 21.4 Å². The Hall–Kier alpha value is -1.51. The summed E-state index contributed by atoms with van der Waals surface area (Å²) in [4.78, 5) is 0. The summed E-state index contributed by atoms with van der Waals surface area (Å²) < 4.78 is 4.91. The first-order valence-corrected chi connectivity index (χ1v) is 6.17. The molecule has 0 saturated heterocycles. The zero-order valence-corrected chi connectivity index (χ0v) is 11.1. The monoisotopic (exact) mass is 264 g/mol. The average molecular weight is 265 g/mol. The van der Waals surface area contributed by atoms with Crippen LogP contribution in [0.5, 0.6) is 5.75 Å². The summed E-state index contributed by atoms with van der Waals surface area (Å²) in [7, 11) is 1.66. The van der Waals surface area contributed by atoms with Gasteiger partial charge in [0.15, 0.2) is 0 Å². The Labute approximate surface area is 113 Å². The van der Waals surface area contributed by atoms with Crippen molar-refractivity contribution in [2.45, 2.75) is 12.5 Å². The van der Waals surface area contributed by atoms with Gasteiger partial charge in [0, 0.05) is 5.88 Å². The molecule has 0 heterocycles. The van der Waals surface area contributed by atoms with Crippen molar-refractivity contribution in [3.05, 3.63) is 65.7 Å². The maximum atomic E-state index is 8.67. The SMILES string of the molecule is COc1ccccc1.OCc1ccc(CCl)cc1. The number of methoxy groups -OCH3 is 1. The maximum absolute atomic E-state index is 8.67. The number of ether oxygens (including phenoxy) is 1. The number of para-hydroxylation sites is 1. The molecule has 1 N–H and O–H groups in total. The highest BCUT2D eigenvalue weighted by Crippen LogP contribution is 2.06. The van der Waals surface area contributed by atoms with Crippen LogP contribution in [0.2, 0.25) is 0 Å². The van der Waals surface area contributed by atoms with Gasteiger partial charge in [0.1, 0.15) is 5.75 Å². The van der Waals surface area contributed by atoms with Crippen LogP contribution in [0.1, 0.15) is 11.1 Å². The second-order valence-electron chi connectivity index (χ2n) is 3.63. The molecule has 0 radical (unpaired) electrons. The first kappa shape index (κ1) is 14.6. The van der Waals surface area contributed by atoms with E-state index >= 15 is 0 Å². The van der Waals surface area contributed by atoms with Crippen molar-refractivity contribution in [1.82, 2.24) is 0 Å². The molecule has 3 heteroatoms. The van der Waals surface area contributed by atoms with E-state index in [1.54, 1.807) is 7.11 Å². The lowest BCUT2D eigenvalue weighted by Gasteiger charge is -1.96. The lowest BCUT2D eigenvalue weighted by Crippen LogP contribution is -1.82. The normalized spacial score (nSPS) is 9.28. The molecule has 0 aliphatic rings. The van der Waals surface area contributed by atoms with Crippen molar-refractivity contribution in [2.75, 3.05) is 7.11 Å². The number of benzene rings is 2. The zero-order chi connectivity index (χ0) is 13.2. The highest BCUT2D eigenvalue weighted by atomic mass is 35.5. The molecule has 96 valence electrons. The molecular weight excluding hydrogens is 248 g/mol. The lowest BCUT2D eigenvalue weighted by atomic mass is 10.2. The van der Waals surface area contributed by atoms with E-state index in [0.717, 1.165) is 16.9 Å². The van der Waals surface area contributed by atoms with Crippen molar-refractivity contribution < 1.29 is 9.84 Å².